The average molecular weight is 279 g/mol. The predicted octanol–water partition coefficient (Wildman–Crippen LogP) is 0.363. The molecule has 0 spiro atoms. The minimum absolute atomic E-state index is 0.0293. The van der Waals surface area contributed by atoms with Crippen LogP contribution in [0.1, 0.15) is 18.4 Å². The van der Waals surface area contributed by atoms with Crippen LogP contribution in [0.3, 0.4) is 0 Å². The molecule has 1 aromatic rings. The summed E-state index contributed by atoms with van der Waals surface area (Å²) in [6.07, 6.45) is 4.76. The van der Waals surface area contributed by atoms with Crippen molar-refractivity contribution < 1.29 is 14.3 Å². The highest BCUT2D eigenvalue weighted by Crippen LogP contribution is 2.03. The maximum atomic E-state index is 11.9. The summed E-state index contributed by atoms with van der Waals surface area (Å²) in [4.78, 5) is 28.6. The minimum atomic E-state index is -0.738. The second kappa shape index (κ2) is 8.27. The molecule has 1 amide bonds. The molecule has 6 nitrogen and oxygen atoms in total. The van der Waals surface area contributed by atoms with Crippen molar-refractivity contribution in [2.75, 3.05) is 20.7 Å². The first-order chi connectivity index (χ1) is 9.54. The number of likely N-dealkylation sites (N-methyl/N-ethyl adjacent to an activating group) is 1. The number of aromatic nitrogens is 1. The molecule has 6 heteroatoms. The Kier molecular flexibility index (Phi) is 6.66. The van der Waals surface area contributed by atoms with Gasteiger partial charge in [0.05, 0.1) is 7.11 Å². The van der Waals surface area contributed by atoms with Gasteiger partial charge in [-0.3, -0.25) is 14.6 Å². The van der Waals surface area contributed by atoms with Crippen LogP contribution in [0.25, 0.3) is 0 Å². The smallest absolute Gasteiger partial charge is 0.322 e. The molecule has 0 aromatic carbocycles. The van der Waals surface area contributed by atoms with E-state index >= 15 is 0 Å². The van der Waals surface area contributed by atoms with E-state index in [0.29, 0.717) is 13.0 Å². The van der Waals surface area contributed by atoms with E-state index in [9.17, 15) is 9.59 Å². The molecular weight excluding hydrogens is 258 g/mol. The second-order valence-electron chi connectivity index (χ2n) is 4.59. The van der Waals surface area contributed by atoms with Gasteiger partial charge in [-0.25, -0.2) is 0 Å². The Morgan fingerprint density at radius 3 is 2.65 bits per heavy atom. The number of carbonyl (C=O) groups is 2. The van der Waals surface area contributed by atoms with Gasteiger partial charge in [-0.15, -0.1) is 0 Å². The quantitative estimate of drug-likeness (QED) is 0.728. The van der Waals surface area contributed by atoms with Gasteiger partial charge in [-0.2, -0.15) is 0 Å². The van der Waals surface area contributed by atoms with Gasteiger partial charge in [0.1, 0.15) is 6.04 Å². The van der Waals surface area contributed by atoms with Crippen molar-refractivity contribution in [3.8, 4) is 0 Å². The number of ether oxygens (including phenoxy) is 1. The first kappa shape index (κ1) is 16.1. The fourth-order valence-electron chi connectivity index (χ4n) is 1.71. The lowest BCUT2D eigenvalue weighted by Gasteiger charge is -2.18. The molecule has 0 fully saturated rings. The van der Waals surface area contributed by atoms with Crippen molar-refractivity contribution in [3.63, 3.8) is 0 Å². The van der Waals surface area contributed by atoms with E-state index in [0.717, 1.165) is 12.0 Å². The zero-order chi connectivity index (χ0) is 15.0. The van der Waals surface area contributed by atoms with Gasteiger partial charge < -0.3 is 15.4 Å². The minimum Gasteiger partial charge on any atom is -0.468 e. The molecule has 0 radical (unpaired) electrons. The van der Waals surface area contributed by atoms with E-state index in [4.69, 9.17) is 5.73 Å². The van der Waals surface area contributed by atoms with E-state index in [1.165, 1.54) is 7.11 Å². The fraction of sp³-hybridized carbons (Fsp3) is 0.500. The lowest BCUT2D eigenvalue weighted by molar-refractivity contribution is -0.142. The molecule has 0 aliphatic carbocycles. The summed E-state index contributed by atoms with van der Waals surface area (Å²) < 4.78 is 4.52. The number of methoxy groups -OCH3 is 1. The third kappa shape index (κ3) is 5.36. The third-order valence-electron chi connectivity index (χ3n) is 3.08. The van der Waals surface area contributed by atoms with Crippen LogP contribution in [-0.2, 0) is 20.7 Å². The van der Waals surface area contributed by atoms with E-state index in [1.54, 1.807) is 24.3 Å². The number of hydrogen-bond donors (Lipinski definition) is 1. The Balaban J connectivity index is 2.31. The molecule has 1 aromatic heterocycles. The second-order valence-corrected chi connectivity index (χ2v) is 4.59. The number of hydrogen-bond acceptors (Lipinski definition) is 5. The van der Waals surface area contributed by atoms with Crippen LogP contribution in [0.15, 0.2) is 24.5 Å². The molecule has 1 atom stereocenters. The number of nitrogens with zero attached hydrogens (tertiary/aromatic N) is 2. The number of esters is 1. The molecule has 0 aliphatic heterocycles. The van der Waals surface area contributed by atoms with Gasteiger partial charge in [0.2, 0.25) is 5.91 Å². The average Bonchev–Trinajstić information content (AvgIpc) is 2.49. The summed E-state index contributed by atoms with van der Waals surface area (Å²) in [5, 5.41) is 0. The molecule has 1 rings (SSSR count). The Hall–Kier alpha value is -1.95. The van der Waals surface area contributed by atoms with Crippen LogP contribution in [0.2, 0.25) is 0 Å². The molecular formula is C14H21N3O3. The highest BCUT2D eigenvalue weighted by atomic mass is 16.5. The first-order valence-electron chi connectivity index (χ1n) is 6.51. The van der Waals surface area contributed by atoms with Gasteiger partial charge in [-0.05, 0) is 30.5 Å². The molecule has 0 aliphatic rings. The molecule has 110 valence electrons. The van der Waals surface area contributed by atoms with Gasteiger partial charge in [-0.1, -0.05) is 0 Å². The highest BCUT2D eigenvalue weighted by Gasteiger charge is 2.16. The molecule has 20 heavy (non-hydrogen) atoms. The van der Waals surface area contributed by atoms with E-state index in [-0.39, 0.29) is 12.3 Å². The Morgan fingerprint density at radius 1 is 1.40 bits per heavy atom. The fourth-order valence-corrected chi connectivity index (χ4v) is 1.71. The summed E-state index contributed by atoms with van der Waals surface area (Å²) in [5.41, 5.74) is 6.72. The van der Waals surface area contributed by atoms with Crippen molar-refractivity contribution in [2.45, 2.75) is 25.3 Å². The number of carbonyl (C=O) groups excluding carboxylic acids is 2. The van der Waals surface area contributed by atoms with Crippen molar-refractivity contribution >= 4 is 11.9 Å². The van der Waals surface area contributed by atoms with E-state index < -0.39 is 12.0 Å². The van der Waals surface area contributed by atoms with Crippen LogP contribution >= 0.6 is 0 Å². The zero-order valence-corrected chi connectivity index (χ0v) is 11.9. The normalized spacial score (nSPS) is 11.8. The number of nitrogens with two attached hydrogens (primary N) is 1. The van der Waals surface area contributed by atoms with Gasteiger partial charge in [0, 0.05) is 32.4 Å². The summed E-state index contributed by atoms with van der Waals surface area (Å²) in [6, 6.07) is 3.11. The largest absolute Gasteiger partial charge is 0.468 e. The monoisotopic (exact) mass is 279 g/mol. The van der Waals surface area contributed by atoms with Crippen LogP contribution < -0.4 is 5.73 Å². The highest BCUT2D eigenvalue weighted by molar-refractivity contribution is 5.79. The summed E-state index contributed by atoms with van der Waals surface area (Å²) in [5.74, 6) is -0.518. The number of pyridine rings is 1. The molecule has 0 saturated heterocycles. The molecule has 0 saturated carbocycles. The van der Waals surface area contributed by atoms with Crippen LogP contribution in [0.4, 0.5) is 0 Å². The van der Waals surface area contributed by atoms with E-state index in [1.807, 2.05) is 12.1 Å². The maximum absolute atomic E-state index is 11.9. The predicted molar refractivity (Wildman–Crippen MR) is 74.8 cm³/mol. The van der Waals surface area contributed by atoms with E-state index in [2.05, 4.69) is 9.72 Å². The van der Waals surface area contributed by atoms with Gasteiger partial charge >= 0.3 is 5.97 Å². The number of amides is 1. The van der Waals surface area contributed by atoms with Crippen molar-refractivity contribution in [1.29, 1.82) is 0 Å². The maximum Gasteiger partial charge on any atom is 0.322 e. The summed E-state index contributed by atoms with van der Waals surface area (Å²) in [6.45, 7) is 0.621. The topological polar surface area (TPSA) is 85.5 Å². The SMILES string of the molecule is COC(=O)[C@@H](N)CCC(=O)N(C)CCc1ccncc1. The van der Waals surface area contributed by atoms with Crippen molar-refractivity contribution in [1.82, 2.24) is 9.88 Å². The zero-order valence-electron chi connectivity index (χ0n) is 11.9. The first-order valence-corrected chi connectivity index (χ1v) is 6.51. The standard InChI is InChI=1S/C14H21N3O3/c1-17(10-7-11-5-8-16-9-6-11)13(18)4-3-12(15)14(19)20-2/h5-6,8-9,12H,3-4,7,10,15H2,1-2H3/t12-/m0/s1. The van der Waals surface area contributed by atoms with Crippen LogP contribution in [0, 0.1) is 0 Å². The summed E-state index contributed by atoms with van der Waals surface area (Å²) >= 11 is 0. The molecule has 0 unspecified atom stereocenters. The van der Waals surface area contributed by atoms with Gasteiger partial charge in [0.15, 0.2) is 0 Å². The Labute approximate surface area is 118 Å². The van der Waals surface area contributed by atoms with Crippen molar-refractivity contribution in [2.24, 2.45) is 5.73 Å². The molecule has 2 N–H and O–H groups in total. The number of rotatable bonds is 7. The lowest BCUT2D eigenvalue weighted by atomic mass is 10.1. The Bertz CT molecular complexity index is 437. The third-order valence-corrected chi connectivity index (χ3v) is 3.08. The molecule has 0 bridgehead atoms. The molecule has 1 heterocycles. The van der Waals surface area contributed by atoms with Gasteiger partial charge in [0.25, 0.3) is 0 Å². The van der Waals surface area contributed by atoms with Crippen molar-refractivity contribution in [3.05, 3.63) is 30.1 Å². The van der Waals surface area contributed by atoms with Crippen LogP contribution in [0.5, 0.6) is 0 Å². The van der Waals surface area contributed by atoms with Crippen LogP contribution in [-0.4, -0.2) is 48.5 Å². The lowest BCUT2D eigenvalue weighted by Crippen LogP contribution is -2.34. The Morgan fingerprint density at radius 2 is 2.05 bits per heavy atom. The summed E-state index contributed by atoms with van der Waals surface area (Å²) in [7, 11) is 3.03.